The molecule has 0 unspecified atom stereocenters. The van der Waals surface area contributed by atoms with E-state index in [2.05, 4.69) is 5.32 Å². The maximum absolute atomic E-state index is 12.8. The summed E-state index contributed by atoms with van der Waals surface area (Å²) in [5.74, 6) is 0.402. The highest BCUT2D eigenvalue weighted by Crippen LogP contribution is 2.33. The van der Waals surface area contributed by atoms with Crippen LogP contribution in [0, 0.1) is 0 Å². The van der Waals surface area contributed by atoms with Crippen molar-refractivity contribution in [2.24, 2.45) is 0 Å². The van der Waals surface area contributed by atoms with Crippen LogP contribution in [-0.2, 0) is 17.6 Å². The molecular weight excluding hydrogens is 419 g/mol. The van der Waals surface area contributed by atoms with Gasteiger partial charge < -0.3 is 14.8 Å². The molecule has 3 rings (SSSR count). The van der Waals surface area contributed by atoms with Gasteiger partial charge in [0.15, 0.2) is 6.61 Å². The molecule has 0 fully saturated rings. The maximum atomic E-state index is 12.8. The lowest BCUT2D eigenvalue weighted by Crippen LogP contribution is -2.20. The van der Waals surface area contributed by atoms with Crippen LogP contribution in [0.4, 0.5) is 18.9 Å². The largest absolute Gasteiger partial charge is 0.489 e. The predicted octanol–water partition coefficient (Wildman–Crippen LogP) is 5.96. The zero-order valence-corrected chi connectivity index (χ0v) is 16.3. The molecule has 0 radical (unpaired) electrons. The lowest BCUT2D eigenvalue weighted by Gasteiger charge is -2.12. The van der Waals surface area contributed by atoms with Crippen LogP contribution in [0.15, 0.2) is 72.8 Å². The average molecular weight is 436 g/mol. The van der Waals surface area contributed by atoms with Crippen LogP contribution in [0.5, 0.6) is 11.5 Å². The first kappa shape index (κ1) is 21.5. The van der Waals surface area contributed by atoms with Crippen molar-refractivity contribution < 1.29 is 27.4 Å². The third-order valence-electron chi connectivity index (χ3n) is 4.01. The summed E-state index contributed by atoms with van der Waals surface area (Å²) >= 11 is 5.86. The van der Waals surface area contributed by atoms with Crippen LogP contribution in [-0.4, -0.2) is 12.5 Å². The summed E-state index contributed by atoms with van der Waals surface area (Å²) in [7, 11) is 0. The van der Waals surface area contributed by atoms with Crippen molar-refractivity contribution in [1.29, 1.82) is 0 Å². The first-order valence-electron chi connectivity index (χ1n) is 8.87. The van der Waals surface area contributed by atoms with Gasteiger partial charge in [0.2, 0.25) is 0 Å². The third-order valence-corrected chi connectivity index (χ3v) is 4.34. The van der Waals surface area contributed by atoms with Crippen molar-refractivity contribution in [3.8, 4) is 11.5 Å². The molecule has 0 aliphatic rings. The van der Waals surface area contributed by atoms with Crippen molar-refractivity contribution in [3.63, 3.8) is 0 Å². The molecule has 0 bridgehead atoms. The van der Waals surface area contributed by atoms with Crippen LogP contribution >= 0.6 is 11.6 Å². The molecule has 8 heteroatoms. The summed E-state index contributed by atoms with van der Waals surface area (Å²) in [5, 5.41) is 2.32. The number of halogens is 4. The number of carbonyl (C=O) groups is 1. The second-order valence-electron chi connectivity index (χ2n) is 6.27. The third kappa shape index (κ3) is 6.15. The van der Waals surface area contributed by atoms with Gasteiger partial charge in [0.1, 0.15) is 18.1 Å². The summed E-state index contributed by atoms with van der Waals surface area (Å²) in [5.41, 5.74) is -0.0123. The molecule has 1 amide bonds. The second kappa shape index (κ2) is 9.54. The van der Waals surface area contributed by atoms with E-state index in [-0.39, 0.29) is 10.7 Å². The number of hydrogen-bond donors (Lipinski definition) is 1. The fourth-order valence-corrected chi connectivity index (χ4v) is 2.67. The Morgan fingerprint density at radius 1 is 0.900 bits per heavy atom. The fraction of sp³-hybridized carbons (Fsp3) is 0.136. The molecule has 0 aliphatic carbocycles. The van der Waals surface area contributed by atoms with Crippen molar-refractivity contribution in [2.45, 2.75) is 12.8 Å². The van der Waals surface area contributed by atoms with Gasteiger partial charge in [0.05, 0.1) is 16.3 Å². The minimum atomic E-state index is -4.54. The molecule has 0 aliphatic heterocycles. The highest BCUT2D eigenvalue weighted by atomic mass is 35.5. The number of alkyl halides is 3. The predicted molar refractivity (Wildman–Crippen MR) is 108 cm³/mol. The van der Waals surface area contributed by atoms with E-state index in [4.69, 9.17) is 21.1 Å². The summed E-state index contributed by atoms with van der Waals surface area (Å²) in [6, 6.07) is 19.0. The van der Waals surface area contributed by atoms with E-state index in [9.17, 15) is 18.0 Å². The number of rotatable bonds is 7. The number of hydrogen-bond acceptors (Lipinski definition) is 3. The van der Waals surface area contributed by atoms with E-state index in [1.54, 1.807) is 24.3 Å². The van der Waals surface area contributed by atoms with E-state index in [1.807, 2.05) is 30.3 Å². The number of benzene rings is 3. The van der Waals surface area contributed by atoms with Crippen LogP contribution < -0.4 is 14.8 Å². The van der Waals surface area contributed by atoms with Crippen LogP contribution in [0.3, 0.4) is 0 Å². The van der Waals surface area contributed by atoms with Gasteiger partial charge in [-0.1, -0.05) is 41.9 Å². The quantitative estimate of drug-likeness (QED) is 0.498. The lowest BCUT2D eigenvalue weighted by molar-refractivity contribution is -0.137. The molecule has 3 aromatic rings. The molecule has 3 aromatic carbocycles. The van der Waals surface area contributed by atoms with E-state index in [0.717, 1.165) is 23.8 Å². The number of carbonyl (C=O) groups excluding carboxylic acids is 1. The monoisotopic (exact) mass is 435 g/mol. The number of anilines is 1. The number of ether oxygens (including phenoxy) is 2. The van der Waals surface area contributed by atoms with Crippen LogP contribution in [0.2, 0.25) is 5.02 Å². The summed E-state index contributed by atoms with van der Waals surface area (Å²) in [6.07, 6.45) is -4.54. The van der Waals surface area contributed by atoms with E-state index >= 15 is 0 Å². The van der Waals surface area contributed by atoms with Gasteiger partial charge >= 0.3 is 6.18 Å². The molecule has 30 heavy (non-hydrogen) atoms. The standard InChI is InChI=1S/C22H17ClF3NO3/c23-19-11-6-16(22(24,25)26)12-20(19)27-21(28)14-30-18-9-7-17(8-10-18)29-13-15-4-2-1-3-5-15/h1-12H,13-14H2,(H,27,28). The number of amides is 1. The van der Waals surface area contributed by atoms with E-state index in [1.165, 1.54) is 0 Å². The van der Waals surface area contributed by atoms with Crippen molar-refractivity contribution in [1.82, 2.24) is 0 Å². The minimum absolute atomic E-state index is 0.00346. The summed E-state index contributed by atoms with van der Waals surface area (Å²) in [4.78, 5) is 12.0. The van der Waals surface area contributed by atoms with Crippen LogP contribution in [0.1, 0.15) is 11.1 Å². The molecule has 1 N–H and O–H groups in total. The van der Waals surface area contributed by atoms with E-state index in [0.29, 0.717) is 18.1 Å². The Hall–Kier alpha value is -3.19. The average Bonchev–Trinajstić information content (AvgIpc) is 2.73. The molecule has 0 saturated heterocycles. The van der Waals surface area contributed by atoms with Gasteiger partial charge in [-0.2, -0.15) is 13.2 Å². The zero-order chi connectivity index (χ0) is 21.6. The fourth-order valence-electron chi connectivity index (χ4n) is 2.51. The molecule has 0 saturated carbocycles. The first-order chi connectivity index (χ1) is 14.3. The molecule has 0 heterocycles. The molecular formula is C22H17ClF3NO3. The Kier molecular flexibility index (Phi) is 6.84. The Bertz CT molecular complexity index is 993. The first-order valence-corrected chi connectivity index (χ1v) is 9.25. The smallest absolute Gasteiger partial charge is 0.416 e. The Balaban J connectivity index is 1.51. The molecule has 0 aromatic heterocycles. The Labute approximate surface area is 176 Å². The SMILES string of the molecule is O=C(COc1ccc(OCc2ccccc2)cc1)Nc1cc(C(F)(F)F)ccc1Cl. The highest BCUT2D eigenvalue weighted by Gasteiger charge is 2.31. The van der Waals surface area contributed by atoms with Gasteiger partial charge in [-0.15, -0.1) is 0 Å². The summed E-state index contributed by atoms with van der Waals surface area (Å²) < 4.78 is 49.4. The second-order valence-corrected chi connectivity index (χ2v) is 6.68. The van der Waals surface area contributed by atoms with Gasteiger partial charge in [-0.25, -0.2) is 0 Å². The molecule has 156 valence electrons. The molecule has 0 spiro atoms. The van der Waals surface area contributed by atoms with Gasteiger partial charge in [-0.3, -0.25) is 4.79 Å². The van der Waals surface area contributed by atoms with Gasteiger partial charge in [-0.05, 0) is 48.0 Å². The normalized spacial score (nSPS) is 11.1. The van der Waals surface area contributed by atoms with Crippen molar-refractivity contribution >= 4 is 23.2 Å². The lowest BCUT2D eigenvalue weighted by atomic mass is 10.2. The van der Waals surface area contributed by atoms with Gasteiger partial charge in [0, 0.05) is 0 Å². The topological polar surface area (TPSA) is 47.6 Å². The summed E-state index contributed by atoms with van der Waals surface area (Å²) in [6.45, 7) is 0.0258. The van der Waals surface area contributed by atoms with E-state index < -0.39 is 24.3 Å². The zero-order valence-electron chi connectivity index (χ0n) is 15.6. The highest BCUT2D eigenvalue weighted by molar-refractivity contribution is 6.33. The minimum Gasteiger partial charge on any atom is -0.489 e. The Morgan fingerprint density at radius 3 is 2.17 bits per heavy atom. The van der Waals surface area contributed by atoms with Crippen LogP contribution in [0.25, 0.3) is 0 Å². The molecule has 0 atom stereocenters. The maximum Gasteiger partial charge on any atom is 0.416 e. The Morgan fingerprint density at radius 2 is 1.53 bits per heavy atom. The van der Waals surface area contributed by atoms with Crippen molar-refractivity contribution in [3.05, 3.63) is 88.9 Å². The number of nitrogens with one attached hydrogen (secondary N) is 1. The van der Waals surface area contributed by atoms with Crippen molar-refractivity contribution in [2.75, 3.05) is 11.9 Å². The van der Waals surface area contributed by atoms with Gasteiger partial charge in [0.25, 0.3) is 5.91 Å². The molecule has 4 nitrogen and oxygen atoms in total.